The first-order valence-corrected chi connectivity index (χ1v) is 11.5. The number of carboxylic acid groups (broad SMARTS) is 1. The smallest absolute Gasteiger partial charge is 0.407 e. The van der Waals surface area contributed by atoms with Crippen LogP contribution >= 0.6 is 0 Å². The van der Waals surface area contributed by atoms with E-state index in [1.165, 1.54) is 36.2 Å². The summed E-state index contributed by atoms with van der Waals surface area (Å²) < 4.78 is 11.7. The number of methoxy groups -OCH3 is 1. The number of amides is 3. The number of ether oxygens (including phenoxy) is 2. The van der Waals surface area contributed by atoms with Gasteiger partial charge in [0.25, 0.3) is 0 Å². The summed E-state index contributed by atoms with van der Waals surface area (Å²) in [6.45, 7) is 8.84. The van der Waals surface area contributed by atoms with Crippen LogP contribution in [0.1, 0.15) is 52.9 Å². The Hall–Kier alpha value is -1.80. The molecule has 31 heavy (non-hydrogen) atoms. The first kappa shape index (κ1) is 23.9. The number of rotatable bonds is 4. The molecular formula is C23H39N3O5. The van der Waals surface area contributed by atoms with Crippen molar-refractivity contribution in [3.05, 3.63) is 11.6 Å². The van der Waals surface area contributed by atoms with E-state index >= 15 is 0 Å². The first-order valence-electron chi connectivity index (χ1n) is 11.5. The van der Waals surface area contributed by atoms with Gasteiger partial charge in [-0.15, -0.1) is 0 Å². The van der Waals surface area contributed by atoms with Gasteiger partial charge in [0.2, 0.25) is 0 Å². The number of nitrogens with two attached hydrogens (primary N) is 1. The van der Waals surface area contributed by atoms with Gasteiger partial charge in [0.15, 0.2) is 0 Å². The Morgan fingerprint density at radius 2 is 1.71 bits per heavy atom. The Bertz CT molecular complexity index is 655. The molecule has 0 bridgehead atoms. The van der Waals surface area contributed by atoms with Crippen molar-refractivity contribution < 1.29 is 24.2 Å². The van der Waals surface area contributed by atoms with Gasteiger partial charge < -0.3 is 30.1 Å². The lowest BCUT2D eigenvalue weighted by molar-refractivity contribution is -0.00777. The molecule has 3 saturated heterocycles. The van der Waals surface area contributed by atoms with Crippen molar-refractivity contribution in [2.75, 3.05) is 33.3 Å². The maximum Gasteiger partial charge on any atom is 0.407 e. The molecule has 8 nitrogen and oxygen atoms in total. The molecule has 3 aliphatic heterocycles. The maximum absolute atomic E-state index is 10.9. The summed E-state index contributed by atoms with van der Waals surface area (Å²) in [5.41, 5.74) is 6.61. The fraction of sp³-hybridized carbons (Fsp3) is 0.826. The lowest BCUT2D eigenvalue weighted by Gasteiger charge is -2.33. The molecule has 0 aromatic rings. The summed E-state index contributed by atoms with van der Waals surface area (Å²) in [6, 6.07) is -0.402. The van der Waals surface area contributed by atoms with E-state index in [9.17, 15) is 9.59 Å². The Labute approximate surface area is 185 Å². The average molecular weight is 438 g/mol. The number of epoxide rings is 1. The number of allylic oxidation sites excluding steroid dienone is 1. The van der Waals surface area contributed by atoms with E-state index in [1.807, 2.05) is 7.11 Å². The standard InChI is InChI=1S/C15H26O2.C8H13N3O3/c1-11(2)9-10-14-15(3,17-14)12-7-5-6-8-13(12)16-4;9-7(12)10-1-5-3-11(8(13)14)4-6(5)2-10/h9,12-14H,5-8,10H2,1-4H3;5-6H,1-4H2,(H2,9,12)(H,13,14). The van der Waals surface area contributed by atoms with E-state index in [-0.39, 0.29) is 17.4 Å². The van der Waals surface area contributed by atoms with Gasteiger partial charge >= 0.3 is 12.1 Å². The number of urea groups is 1. The van der Waals surface area contributed by atoms with Gasteiger partial charge in [-0.05, 0) is 40.0 Å². The van der Waals surface area contributed by atoms with E-state index in [4.69, 9.17) is 20.3 Å². The molecule has 0 aromatic carbocycles. The molecule has 4 rings (SSSR count). The third-order valence-corrected chi connectivity index (χ3v) is 7.53. The van der Waals surface area contributed by atoms with E-state index in [0.29, 0.717) is 44.3 Å². The summed E-state index contributed by atoms with van der Waals surface area (Å²) in [4.78, 5) is 24.5. The third kappa shape index (κ3) is 5.52. The Balaban J connectivity index is 0.000000179. The largest absolute Gasteiger partial charge is 0.465 e. The second kappa shape index (κ2) is 9.77. The van der Waals surface area contributed by atoms with E-state index < -0.39 is 12.1 Å². The van der Waals surface area contributed by atoms with Crippen LogP contribution in [0.25, 0.3) is 0 Å². The van der Waals surface area contributed by atoms with Gasteiger partial charge in [-0.2, -0.15) is 0 Å². The number of hydrogen-bond acceptors (Lipinski definition) is 4. The molecule has 3 N–H and O–H groups in total. The van der Waals surface area contributed by atoms with Crippen LogP contribution in [0.5, 0.6) is 0 Å². The average Bonchev–Trinajstić information content (AvgIpc) is 3.02. The van der Waals surface area contributed by atoms with Crippen LogP contribution in [0.3, 0.4) is 0 Å². The van der Waals surface area contributed by atoms with Gasteiger partial charge in [0.05, 0.1) is 17.8 Å². The molecule has 1 aliphatic carbocycles. The van der Waals surface area contributed by atoms with Gasteiger partial charge in [-0.3, -0.25) is 0 Å². The molecule has 6 unspecified atom stereocenters. The Morgan fingerprint density at radius 1 is 1.13 bits per heavy atom. The van der Waals surface area contributed by atoms with Gasteiger partial charge in [-0.1, -0.05) is 24.5 Å². The highest BCUT2D eigenvalue weighted by Crippen LogP contribution is 2.50. The quantitative estimate of drug-likeness (QED) is 0.518. The van der Waals surface area contributed by atoms with Crippen molar-refractivity contribution in [2.45, 2.75) is 70.7 Å². The molecule has 0 aromatic heterocycles. The summed E-state index contributed by atoms with van der Waals surface area (Å²) in [5.74, 6) is 1.15. The third-order valence-electron chi connectivity index (χ3n) is 7.53. The fourth-order valence-corrected chi connectivity index (χ4v) is 5.59. The van der Waals surface area contributed by atoms with Gasteiger partial charge in [0, 0.05) is 51.0 Å². The second-order valence-corrected chi connectivity index (χ2v) is 9.92. The van der Waals surface area contributed by atoms with Crippen LogP contribution in [0, 0.1) is 17.8 Å². The Kier molecular flexibility index (Phi) is 7.52. The normalized spacial score (nSPS) is 36.3. The van der Waals surface area contributed by atoms with Gasteiger partial charge in [-0.25, -0.2) is 9.59 Å². The first-order chi connectivity index (χ1) is 14.7. The predicted octanol–water partition coefficient (Wildman–Crippen LogP) is 3.31. The SMILES string of the molecule is COC1CCCCC1C1(C)OC1CC=C(C)C.NC(=O)N1CC2CN(C(=O)O)CC2C1. The number of likely N-dealkylation sites (tertiary alicyclic amines) is 2. The molecule has 6 atom stereocenters. The van der Waals surface area contributed by atoms with E-state index in [0.717, 1.165) is 6.42 Å². The minimum Gasteiger partial charge on any atom is -0.465 e. The highest BCUT2D eigenvalue weighted by molar-refractivity contribution is 5.72. The highest BCUT2D eigenvalue weighted by atomic mass is 16.6. The number of carbonyl (C=O) groups is 2. The number of fused-ring (bicyclic) bond motifs is 1. The number of hydrogen-bond donors (Lipinski definition) is 2. The molecule has 3 amide bonds. The van der Waals surface area contributed by atoms with E-state index in [1.54, 1.807) is 4.90 Å². The van der Waals surface area contributed by atoms with Crippen LogP contribution in [0.15, 0.2) is 11.6 Å². The van der Waals surface area contributed by atoms with Crippen LogP contribution < -0.4 is 5.73 Å². The van der Waals surface area contributed by atoms with Crippen LogP contribution in [0.4, 0.5) is 9.59 Å². The molecule has 0 spiro atoms. The van der Waals surface area contributed by atoms with Crippen molar-refractivity contribution in [3.8, 4) is 0 Å². The van der Waals surface area contributed by atoms with Crippen molar-refractivity contribution >= 4 is 12.1 Å². The molecule has 1 saturated carbocycles. The zero-order valence-corrected chi connectivity index (χ0v) is 19.4. The lowest BCUT2D eigenvalue weighted by Crippen LogP contribution is -2.37. The second-order valence-electron chi connectivity index (χ2n) is 9.92. The molecule has 176 valence electrons. The topological polar surface area (TPSA) is 109 Å². The summed E-state index contributed by atoms with van der Waals surface area (Å²) in [6.07, 6.45) is 8.42. The molecule has 4 aliphatic rings. The number of carbonyl (C=O) groups excluding carboxylic acids is 1. The van der Waals surface area contributed by atoms with Crippen molar-refractivity contribution in [1.29, 1.82) is 0 Å². The minimum absolute atomic E-state index is 0.0764. The summed E-state index contributed by atoms with van der Waals surface area (Å²) >= 11 is 0. The zero-order chi connectivity index (χ0) is 22.8. The molecule has 8 heteroatoms. The summed E-state index contributed by atoms with van der Waals surface area (Å²) in [5, 5.41) is 8.76. The van der Waals surface area contributed by atoms with Crippen molar-refractivity contribution in [3.63, 3.8) is 0 Å². The molecule has 4 fully saturated rings. The number of nitrogens with zero attached hydrogens (tertiary/aromatic N) is 2. The van der Waals surface area contributed by atoms with Crippen LogP contribution in [-0.2, 0) is 9.47 Å². The molecule has 3 heterocycles. The molecule has 0 radical (unpaired) electrons. The van der Waals surface area contributed by atoms with E-state index in [2.05, 4.69) is 26.8 Å². The fourth-order valence-electron chi connectivity index (χ4n) is 5.59. The highest BCUT2D eigenvalue weighted by Gasteiger charge is 2.58. The lowest BCUT2D eigenvalue weighted by atomic mass is 9.76. The van der Waals surface area contributed by atoms with Gasteiger partial charge in [0.1, 0.15) is 0 Å². The molecular weight excluding hydrogens is 398 g/mol. The maximum atomic E-state index is 10.9. The Morgan fingerprint density at radius 3 is 2.23 bits per heavy atom. The monoisotopic (exact) mass is 437 g/mol. The minimum atomic E-state index is -0.870. The predicted molar refractivity (Wildman–Crippen MR) is 118 cm³/mol. The van der Waals surface area contributed by atoms with Crippen molar-refractivity contribution in [2.24, 2.45) is 23.5 Å². The van der Waals surface area contributed by atoms with Crippen molar-refractivity contribution in [1.82, 2.24) is 9.80 Å². The summed E-state index contributed by atoms with van der Waals surface area (Å²) in [7, 11) is 1.85. The van der Waals surface area contributed by atoms with Crippen LogP contribution in [0.2, 0.25) is 0 Å². The number of primary amides is 1. The zero-order valence-electron chi connectivity index (χ0n) is 19.4. The van der Waals surface area contributed by atoms with Crippen LogP contribution in [-0.4, -0.2) is 78.1 Å².